The molecule has 0 bridgehead atoms. The lowest BCUT2D eigenvalue weighted by Gasteiger charge is -2.34. The van der Waals surface area contributed by atoms with Crippen molar-refractivity contribution in [2.24, 2.45) is 0 Å². The molecule has 7 nitrogen and oxygen atoms in total. The van der Waals surface area contributed by atoms with Crippen molar-refractivity contribution < 1.29 is 14.3 Å². The van der Waals surface area contributed by atoms with Crippen LogP contribution < -0.4 is 9.47 Å². The van der Waals surface area contributed by atoms with Gasteiger partial charge in [-0.3, -0.25) is 9.69 Å². The van der Waals surface area contributed by atoms with E-state index < -0.39 is 0 Å². The number of amides is 1. The van der Waals surface area contributed by atoms with E-state index in [2.05, 4.69) is 14.9 Å². The SMILES string of the molecule is COc1cnc(OC2CCCN(CC(=O)N3CCCCC3)C2)nc1. The highest BCUT2D eigenvalue weighted by atomic mass is 16.5. The Hall–Kier alpha value is -1.89. The Balaban J connectivity index is 1.49. The van der Waals surface area contributed by atoms with E-state index in [1.165, 1.54) is 6.42 Å². The second kappa shape index (κ2) is 8.28. The van der Waals surface area contributed by atoms with Crippen LogP contribution in [0.4, 0.5) is 0 Å². The average molecular weight is 334 g/mol. The van der Waals surface area contributed by atoms with Crippen LogP contribution >= 0.6 is 0 Å². The molecule has 1 aromatic heterocycles. The monoisotopic (exact) mass is 334 g/mol. The largest absolute Gasteiger partial charge is 0.494 e. The number of methoxy groups -OCH3 is 1. The number of rotatable bonds is 5. The van der Waals surface area contributed by atoms with E-state index in [1.54, 1.807) is 19.5 Å². The number of hydrogen-bond acceptors (Lipinski definition) is 6. The Labute approximate surface area is 143 Å². The van der Waals surface area contributed by atoms with Gasteiger partial charge in [-0.15, -0.1) is 0 Å². The average Bonchev–Trinajstić information content (AvgIpc) is 2.63. The standard InChI is InChI=1S/C17H26N4O3/c1-23-15-10-18-17(19-11-15)24-14-6-5-7-20(12-14)13-16(22)21-8-3-2-4-9-21/h10-11,14H,2-9,12-13H2,1H3. The number of nitrogens with zero attached hydrogens (tertiary/aromatic N) is 4. The second-order valence-corrected chi connectivity index (χ2v) is 6.46. The molecule has 0 spiro atoms. The van der Waals surface area contributed by atoms with Crippen LogP contribution in [0, 0.1) is 0 Å². The molecule has 1 atom stereocenters. The molecule has 7 heteroatoms. The minimum Gasteiger partial charge on any atom is -0.494 e. The first-order valence-corrected chi connectivity index (χ1v) is 8.77. The number of hydrogen-bond donors (Lipinski definition) is 0. The van der Waals surface area contributed by atoms with E-state index in [-0.39, 0.29) is 12.0 Å². The smallest absolute Gasteiger partial charge is 0.316 e. The first kappa shape index (κ1) is 17.0. The number of piperidine rings is 2. The number of aromatic nitrogens is 2. The summed E-state index contributed by atoms with van der Waals surface area (Å²) >= 11 is 0. The first-order chi connectivity index (χ1) is 11.7. The van der Waals surface area contributed by atoms with Gasteiger partial charge in [-0.05, 0) is 38.6 Å². The minimum atomic E-state index is 0.0290. The van der Waals surface area contributed by atoms with Gasteiger partial charge in [0.2, 0.25) is 5.91 Å². The number of carbonyl (C=O) groups excluding carboxylic acids is 1. The number of likely N-dealkylation sites (tertiary alicyclic amines) is 2. The molecule has 0 radical (unpaired) electrons. The van der Waals surface area contributed by atoms with Gasteiger partial charge in [0.05, 0.1) is 26.0 Å². The summed E-state index contributed by atoms with van der Waals surface area (Å²) < 4.78 is 10.9. The Morgan fingerprint density at radius 1 is 1.17 bits per heavy atom. The van der Waals surface area contributed by atoms with E-state index in [4.69, 9.17) is 9.47 Å². The molecule has 1 amide bonds. The zero-order chi connectivity index (χ0) is 16.8. The van der Waals surface area contributed by atoms with Crippen LogP contribution in [-0.4, -0.2) is 71.6 Å². The zero-order valence-corrected chi connectivity index (χ0v) is 14.3. The van der Waals surface area contributed by atoms with Gasteiger partial charge < -0.3 is 14.4 Å². The molecular weight excluding hydrogens is 308 g/mol. The van der Waals surface area contributed by atoms with Crippen LogP contribution in [0.3, 0.4) is 0 Å². The lowest BCUT2D eigenvalue weighted by atomic mass is 10.1. The number of carbonyl (C=O) groups is 1. The summed E-state index contributed by atoms with van der Waals surface area (Å²) in [6, 6.07) is 0.366. The van der Waals surface area contributed by atoms with Crippen molar-refractivity contribution in [3.8, 4) is 11.8 Å². The zero-order valence-electron chi connectivity index (χ0n) is 14.3. The molecule has 2 aliphatic rings. The van der Waals surface area contributed by atoms with Crippen molar-refractivity contribution in [2.45, 2.75) is 38.2 Å². The quantitative estimate of drug-likeness (QED) is 0.809. The first-order valence-electron chi connectivity index (χ1n) is 8.77. The van der Waals surface area contributed by atoms with Gasteiger partial charge in [-0.1, -0.05) is 0 Å². The molecule has 3 heterocycles. The molecule has 2 fully saturated rings. The fraction of sp³-hybridized carbons (Fsp3) is 0.706. The Morgan fingerprint density at radius 2 is 1.92 bits per heavy atom. The van der Waals surface area contributed by atoms with Crippen molar-refractivity contribution in [1.29, 1.82) is 0 Å². The highest BCUT2D eigenvalue weighted by molar-refractivity contribution is 5.78. The summed E-state index contributed by atoms with van der Waals surface area (Å²) in [5, 5.41) is 0. The normalized spacial score (nSPS) is 22.2. The van der Waals surface area contributed by atoms with Crippen LogP contribution in [-0.2, 0) is 4.79 Å². The maximum Gasteiger partial charge on any atom is 0.316 e. The van der Waals surface area contributed by atoms with Gasteiger partial charge >= 0.3 is 6.01 Å². The topological polar surface area (TPSA) is 67.8 Å². The third-order valence-corrected chi connectivity index (χ3v) is 4.64. The highest BCUT2D eigenvalue weighted by Gasteiger charge is 2.25. The van der Waals surface area contributed by atoms with E-state index in [9.17, 15) is 4.79 Å². The molecule has 2 aliphatic heterocycles. The molecule has 3 rings (SSSR count). The van der Waals surface area contributed by atoms with Crippen molar-refractivity contribution in [2.75, 3.05) is 39.8 Å². The van der Waals surface area contributed by atoms with Gasteiger partial charge in [0.25, 0.3) is 0 Å². The van der Waals surface area contributed by atoms with E-state index in [1.807, 2.05) is 4.90 Å². The van der Waals surface area contributed by atoms with Crippen molar-refractivity contribution in [1.82, 2.24) is 19.8 Å². The van der Waals surface area contributed by atoms with Crippen LogP contribution in [0.5, 0.6) is 11.8 Å². The Kier molecular flexibility index (Phi) is 5.85. The van der Waals surface area contributed by atoms with E-state index >= 15 is 0 Å². The third-order valence-electron chi connectivity index (χ3n) is 4.64. The summed E-state index contributed by atoms with van der Waals surface area (Å²) in [5.41, 5.74) is 0. The Bertz CT molecular complexity index is 531. The maximum atomic E-state index is 12.4. The maximum absolute atomic E-state index is 12.4. The van der Waals surface area contributed by atoms with Crippen LogP contribution in [0.1, 0.15) is 32.1 Å². The van der Waals surface area contributed by atoms with E-state index in [0.717, 1.165) is 51.9 Å². The molecule has 1 unspecified atom stereocenters. The van der Waals surface area contributed by atoms with Gasteiger partial charge in [0, 0.05) is 19.6 Å². The third kappa shape index (κ3) is 4.56. The lowest BCUT2D eigenvalue weighted by molar-refractivity contribution is -0.133. The highest BCUT2D eigenvalue weighted by Crippen LogP contribution is 2.17. The summed E-state index contributed by atoms with van der Waals surface area (Å²) in [6.07, 6.45) is 8.72. The Morgan fingerprint density at radius 3 is 2.62 bits per heavy atom. The molecule has 0 aromatic carbocycles. The molecule has 24 heavy (non-hydrogen) atoms. The summed E-state index contributed by atoms with van der Waals surface area (Å²) in [7, 11) is 1.58. The molecule has 0 saturated carbocycles. The predicted molar refractivity (Wildman–Crippen MR) is 89.1 cm³/mol. The van der Waals surface area contributed by atoms with E-state index in [0.29, 0.717) is 18.3 Å². The van der Waals surface area contributed by atoms with Crippen LogP contribution in [0.15, 0.2) is 12.4 Å². The van der Waals surface area contributed by atoms with Crippen molar-refractivity contribution in [3.63, 3.8) is 0 Å². The van der Waals surface area contributed by atoms with Gasteiger partial charge in [0.15, 0.2) is 5.75 Å². The predicted octanol–water partition coefficient (Wildman–Crippen LogP) is 1.34. The molecule has 0 aliphatic carbocycles. The lowest BCUT2D eigenvalue weighted by Crippen LogP contribution is -2.48. The summed E-state index contributed by atoms with van der Waals surface area (Å²) in [6.45, 7) is 4.00. The number of ether oxygens (including phenoxy) is 2. The van der Waals surface area contributed by atoms with Crippen molar-refractivity contribution >= 4 is 5.91 Å². The van der Waals surface area contributed by atoms with Crippen molar-refractivity contribution in [3.05, 3.63) is 12.4 Å². The molecule has 132 valence electrons. The van der Waals surface area contributed by atoms with Crippen LogP contribution in [0.2, 0.25) is 0 Å². The second-order valence-electron chi connectivity index (χ2n) is 6.46. The molecule has 1 aromatic rings. The van der Waals surface area contributed by atoms with Gasteiger partial charge in [-0.2, -0.15) is 9.97 Å². The van der Waals surface area contributed by atoms with Gasteiger partial charge in [-0.25, -0.2) is 0 Å². The molecule has 2 saturated heterocycles. The fourth-order valence-electron chi connectivity index (χ4n) is 3.31. The molecule has 0 N–H and O–H groups in total. The molecular formula is C17H26N4O3. The summed E-state index contributed by atoms with van der Waals surface area (Å²) in [5.74, 6) is 0.857. The van der Waals surface area contributed by atoms with Gasteiger partial charge in [0.1, 0.15) is 6.10 Å². The summed E-state index contributed by atoms with van der Waals surface area (Å²) in [4.78, 5) is 24.9. The van der Waals surface area contributed by atoms with Crippen LogP contribution in [0.25, 0.3) is 0 Å². The fourth-order valence-corrected chi connectivity index (χ4v) is 3.31. The minimum absolute atomic E-state index is 0.0290.